The van der Waals surface area contributed by atoms with Crippen LogP contribution in [0, 0.1) is 6.92 Å². The highest BCUT2D eigenvalue weighted by Gasteiger charge is 2.33. The van der Waals surface area contributed by atoms with Gasteiger partial charge in [0.1, 0.15) is 12.6 Å². The quantitative estimate of drug-likeness (QED) is 0.291. The van der Waals surface area contributed by atoms with Gasteiger partial charge in [-0.15, -0.1) is 0 Å². The number of nitrogens with one attached hydrogen (secondary N) is 1. The van der Waals surface area contributed by atoms with Crippen molar-refractivity contribution >= 4 is 55.1 Å². The highest BCUT2D eigenvalue weighted by molar-refractivity contribution is 9.10. The molecule has 0 spiro atoms. The van der Waals surface area contributed by atoms with Crippen LogP contribution in [0.2, 0.25) is 5.02 Å². The molecule has 3 aromatic rings. The average Bonchev–Trinajstić information content (AvgIpc) is 2.90. The Morgan fingerprint density at radius 1 is 0.974 bits per heavy atom. The van der Waals surface area contributed by atoms with Gasteiger partial charge in [0, 0.05) is 29.0 Å². The summed E-state index contributed by atoms with van der Waals surface area (Å²) in [6, 6.07) is 21.0. The largest absolute Gasteiger partial charge is 0.354 e. The standard InChI is InChI=1S/C29H33BrClN3O4S/c1-4-17-32-29(36)27(18-22-9-6-5-7-10-22)33(19-23-13-15-24(30)16-14-23)28(35)20-34(39(3,37)38)26-12-8-11-25(31)21(26)2/h5-16,27H,4,17-20H2,1-3H3,(H,32,36)/t27-/m0/s1. The van der Waals surface area contributed by atoms with Crippen LogP contribution in [0.5, 0.6) is 0 Å². The fraction of sp³-hybridized carbons (Fsp3) is 0.310. The maximum atomic E-state index is 14.0. The number of benzene rings is 3. The van der Waals surface area contributed by atoms with Gasteiger partial charge >= 0.3 is 0 Å². The molecule has 0 aromatic heterocycles. The highest BCUT2D eigenvalue weighted by atomic mass is 79.9. The molecule has 0 saturated carbocycles. The summed E-state index contributed by atoms with van der Waals surface area (Å²) in [4.78, 5) is 29.0. The van der Waals surface area contributed by atoms with Gasteiger partial charge in [-0.05, 0) is 54.3 Å². The first-order valence-corrected chi connectivity index (χ1v) is 15.6. The summed E-state index contributed by atoms with van der Waals surface area (Å²) < 4.78 is 27.8. The SMILES string of the molecule is CCCNC(=O)[C@H](Cc1ccccc1)N(Cc1ccc(Br)cc1)C(=O)CN(c1cccc(Cl)c1C)S(C)(=O)=O. The Morgan fingerprint density at radius 2 is 1.64 bits per heavy atom. The van der Waals surface area contributed by atoms with Crippen LogP contribution in [0.4, 0.5) is 5.69 Å². The molecular weight excluding hydrogens is 602 g/mol. The van der Waals surface area contributed by atoms with Crippen molar-refractivity contribution in [1.82, 2.24) is 10.2 Å². The highest BCUT2D eigenvalue weighted by Crippen LogP contribution is 2.28. The number of amides is 2. The average molecular weight is 635 g/mol. The van der Waals surface area contributed by atoms with Gasteiger partial charge in [-0.25, -0.2) is 8.42 Å². The number of hydrogen-bond donors (Lipinski definition) is 1. The molecule has 0 fully saturated rings. The Kier molecular flexibility index (Phi) is 11.0. The maximum Gasteiger partial charge on any atom is 0.244 e. The van der Waals surface area contributed by atoms with Gasteiger partial charge in [0.15, 0.2) is 0 Å². The molecule has 39 heavy (non-hydrogen) atoms. The van der Waals surface area contributed by atoms with Gasteiger partial charge in [0.05, 0.1) is 11.9 Å². The van der Waals surface area contributed by atoms with Crippen LogP contribution in [0.3, 0.4) is 0 Å². The van der Waals surface area contributed by atoms with Crippen LogP contribution in [-0.2, 0) is 32.6 Å². The third kappa shape index (κ3) is 8.55. The van der Waals surface area contributed by atoms with E-state index in [1.165, 1.54) is 4.90 Å². The van der Waals surface area contributed by atoms with Crippen LogP contribution in [0.1, 0.15) is 30.0 Å². The Morgan fingerprint density at radius 3 is 2.26 bits per heavy atom. The zero-order chi connectivity index (χ0) is 28.6. The number of sulfonamides is 1. The lowest BCUT2D eigenvalue weighted by atomic mass is 10.0. The normalized spacial score (nSPS) is 12.0. The summed E-state index contributed by atoms with van der Waals surface area (Å²) in [7, 11) is -3.86. The van der Waals surface area contributed by atoms with E-state index >= 15 is 0 Å². The zero-order valence-electron chi connectivity index (χ0n) is 22.2. The maximum absolute atomic E-state index is 14.0. The molecular formula is C29H33BrClN3O4S. The van der Waals surface area contributed by atoms with Crippen LogP contribution in [0.25, 0.3) is 0 Å². The van der Waals surface area contributed by atoms with Crippen molar-refractivity contribution in [2.24, 2.45) is 0 Å². The van der Waals surface area contributed by atoms with Crippen molar-refractivity contribution < 1.29 is 18.0 Å². The number of carbonyl (C=O) groups is 2. The second-order valence-corrected chi connectivity index (χ2v) is 12.5. The van der Waals surface area contributed by atoms with E-state index in [9.17, 15) is 18.0 Å². The fourth-order valence-corrected chi connectivity index (χ4v) is 5.50. The Labute approximate surface area is 244 Å². The van der Waals surface area contributed by atoms with Gasteiger partial charge in [0.25, 0.3) is 0 Å². The van der Waals surface area contributed by atoms with Crippen molar-refractivity contribution in [2.75, 3.05) is 23.7 Å². The van der Waals surface area contributed by atoms with Gasteiger partial charge in [-0.2, -0.15) is 0 Å². The van der Waals surface area contributed by atoms with Crippen LogP contribution < -0.4 is 9.62 Å². The van der Waals surface area contributed by atoms with E-state index in [0.717, 1.165) is 32.6 Å². The Bertz CT molecular complexity index is 1390. The second kappa shape index (κ2) is 14.0. The van der Waals surface area contributed by atoms with Crippen molar-refractivity contribution in [3.8, 4) is 0 Å². The van der Waals surface area contributed by atoms with Gasteiger partial charge in [-0.1, -0.05) is 83.0 Å². The van der Waals surface area contributed by atoms with E-state index in [2.05, 4.69) is 21.2 Å². The minimum atomic E-state index is -3.86. The van der Waals surface area contributed by atoms with Gasteiger partial charge in [-0.3, -0.25) is 13.9 Å². The monoisotopic (exact) mass is 633 g/mol. The molecule has 0 unspecified atom stereocenters. The van der Waals surface area contributed by atoms with E-state index in [0.29, 0.717) is 22.8 Å². The molecule has 1 N–H and O–H groups in total. The van der Waals surface area contributed by atoms with Gasteiger partial charge < -0.3 is 10.2 Å². The minimum absolute atomic E-state index is 0.120. The molecule has 2 amide bonds. The molecule has 0 aliphatic carbocycles. The van der Waals surface area contributed by atoms with E-state index in [4.69, 9.17) is 11.6 Å². The molecule has 0 aliphatic heterocycles. The van der Waals surface area contributed by atoms with Crippen molar-refractivity contribution in [2.45, 2.75) is 39.3 Å². The molecule has 0 bridgehead atoms. The van der Waals surface area contributed by atoms with Crippen LogP contribution >= 0.6 is 27.5 Å². The molecule has 208 valence electrons. The summed E-state index contributed by atoms with van der Waals surface area (Å²) in [5.74, 6) is -0.800. The molecule has 1 atom stereocenters. The summed E-state index contributed by atoms with van der Waals surface area (Å²) in [6.45, 7) is 3.75. The number of hydrogen-bond acceptors (Lipinski definition) is 4. The predicted octanol–water partition coefficient (Wildman–Crippen LogP) is 5.34. The molecule has 0 aliphatic rings. The Hall–Kier alpha value is -2.88. The number of halogens is 2. The molecule has 3 aromatic carbocycles. The lowest BCUT2D eigenvalue weighted by Gasteiger charge is -2.34. The van der Waals surface area contributed by atoms with E-state index < -0.39 is 28.5 Å². The zero-order valence-corrected chi connectivity index (χ0v) is 25.4. The van der Waals surface area contributed by atoms with Crippen molar-refractivity contribution in [1.29, 1.82) is 0 Å². The molecule has 0 saturated heterocycles. The van der Waals surface area contributed by atoms with Crippen molar-refractivity contribution in [3.63, 3.8) is 0 Å². The van der Waals surface area contributed by atoms with Crippen LogP contribution in [-0.4, -0.2) is 50.5 Å². The molecule has 0 heterocycles. The third-order valence-electron chi connectivity index (χ3n) is 6.27. The Balaban J connectivity index is 2.06. The molecule has 7 nitrogen and oxygen atoms in total. The summed E-state index contributed by atoms with van der Waals surface area (Å²) >= 11 is 9.71. The first kappa shape index (κ1) is 30.7. The van der Waals surface area contributed by atoms with E-state index in [-0.39, 0.29) is 18.9 Å². The summed E-state index contributed by atoms with van der Waals surface area (Å²) in [6.07, 6.45) is 2.06. The first-order chi connectivity index (χ1) is 18.5. The van der Waals surface area contributed by atoms with E-state index in [1.54, 1.807) is 25.1 Å². The van der Waals surface area contributed by atoms with Crippen LogP contribution in [0.15, 0.2) is 77.3 Å². The minimum Gasteiger partial charge on any atom is -0.354 e. The molecule has 0 radical (unpaired) electrons. The lowest BCUT2D eigenvalue weighted by Crippen LogP contribution is -2.53. The smallest absolute Gasteiger partial charge is 0.244 e. The number of carbonyl (C=O) groups excluding carboxylic acids is 2. The number of anilines is 1. The lowest BCUT2D eigenvalue weighted by molar-refractivity contribution is -0.140. The van der Waals surface area contributed by atoms with Gasteiger partial charge in [0.2, 0.25) is 21.8 Å². The predicted molar refractivity (Wildman–Crippen MR) is 160 cm³/mol. The number of rotatable bonds is 12. The second-order valence-electron chi connectivity index (χ2n) is 9.30. The molecule has 10 heteroatoms. The molecule has 3 rings (SSSR count). The first-order valence-electron chi connectivity index (χ1n) is 12.6. The fourth-order valence-electron chi connectivity index (χ4n) is 4.17. The van der Waals surface area contributed by atoms with E-state index in [1.807, 2.05) is 61.5 Å². The third-order valence-corrected chi connectivity index (χ3v) is 8.34. The summed E-state index contributed by atoms with van der Waals surface area (Å²) in [5.41, 5.74) is 2.54. The number of nitrogens with zero attached hydrogens (tertiary/aromatic N) is 2. The van der Waals surface area contributed by atoms with Crippen molar-refractivity contribution in [3.05, 3.63) is 99.0 Å². The summed E-state index contributed by atoms with van der Waals surface area (Å²) in [5, 5.41) is 3.32. The topological polar surface area (TPSA) is 86.8 Å².